The zero-order valence-corrected chi connectivity index (χ0v) is 17.3. The predicted molar refractivity (Wildman–Crippen MR) is 110 cm³/mol. The molecular weight excluding hydrogens is 448 g/mol. The molecule has 4 rings (SSSR count). The van der Waals surface area contributed by atoms with Crippen LogP contribution in [0.25, 0.3) is 0 Å². The van der Waals surface area contributed by atoms with Gasteiger partial charge < -0.3 is 25.4 Å². The highest BCUT2D eigenvalue weighted by Crippen LogP contribution is 2.36. The van der Waals surface area contributed by atoms with Crippen LogP contribution in [-0.4, -0.2) is 37.3 Å². The fraction of sp³-hybridized carbons (Fsp3) is 0.286. The van der Waals surface area contributed by atoms with Crippen LogP contribution in [0.3, 0.4) is 0 Å². The molecule has 0 spiro atoms. The van der Waals surface area contributed by atoms with E-state index in [1.807, 2.05) is 0 Å². The minimum atomic E-state index is -0.791. The van der Waals surface area contributed by atoms with E-state index in [-0.39, 0.29) is 35.0 Å². The maximum atomic E-state index is 14.6. The van der Waals surface area contributed by atoms with Gasteiger partial charge in [-0.25, -0.2) is 18.4 Å². The second-order valence-electron chi connectivity index (χ2n) is 7.31. The summed E-state index contributed by atoms with van der Waals surface area (Å²) in [5.41, 5.74) is 1.21. The molecule has 2 aromatic rings. The number of nitrogens with one attached hydrogen (secondary N) is 3. The van der Waals surface area contributed by atoms with Gasteiger partial charge in [0.1, 0.15) is 18.2 Å². The summed E-state index contributed by atoms with van der Waals surface area (Å²) in [6.45, 7) is 0.0834. The highest BCUT2D eigenvalue weighted by atomic mass is 35.5. The van der Waals surface area contributed by atoms with E-state index in [4.69, 9.17) is 21.1 Å². The van der Waals surface area contributed by atoms with E-state index in [2.05, 4.69) is 16.0 Å². The first-order valence-electron chi connectivity index (χ1n) is 9.77. The summed E-state index contributed by atoms with van der Waals surface area (Å²) < 4.78 is 37.8. The van der Waals surface area contributed by atoms with Gasteiger partial charge in [-0.15, -0.1) is 0 Å². The number of anilines is 1. The lowest BCUT2D eigenvalue weighted by molar-refractivity contribution is 0.0720. The molecule has 0 saturated carbocycles. The van der Waals surface area contributed by atoms with Crippen molar-refractivity contribution in [2.24, 2.45) is 0 Å². The maximum absolute atomic E-state index is 14.6. The number of carbonyl (C=O) groups is 3. The number of hydrogen-bond acceptors (Lipinski definition) is 5. The number of amides is 3. The molecule has 1 unspecified atom stereocenters. The standard InChI is InChI=1S/C21H18ClF2N3O5/c22-14-7-10(1-4-15(14)23)26-19(28)13-2-5-16(24)18-12(13)3-6-17(18)27-21(30)31-9-11-8-25-20(29)32-11/h1-2,4-5,7,11,17H,3,6,8-9H2,(H,25,29)(H,26,28)(H,27,30)/t11?,17-/m0/s1. The summed E-state index contributed by atoms with van der Waals surface area (Å²) in [7, 11) is 0. The SMILES string of the molecule is O=C(N[C@H]1CCc2c(C(=O)Nc3ccc(F)c(Cl)c3)ccc(F)c21)OCC1CNC(=O)O1. The van der Waals surface area contributed by atoms with Gasteiger partial charge >= 0.3 is 12.2 Å². The summed E-state index contributed by atoms with van der Waals surface area (Å²) in [4.78, 5) is 35.9. The van der Waals surface area contributed by atoms with E-state index >= 15 is 0 Å². The molecule has 0 radical (unpaired) electrons. The summed E-state index contributed by atoms with van der Waals surface area (Å²) in [6.07, 6.45) is -1.24. The molecule has 3 amide bonds. The number of carbonyl (C=O) groups excluding carboxylic acids is 3. The van der Waals surface area contributed by atoms with Gasteiger partial charge in [0.05, 0.1) is 17.6 Å². The third-order valence-electron chi connectivity index (χ3n) is 5.20. The maximum Gasteiger partial charge on any atom is 0.407 e. The van der Waals surface area contributed by atoms with E-state index in [1.54, 1.807) is 0 Å². The van der Waals surface area contributed by atoms with Crippen molar-refractivity contribution in [3.8, 4) is 0 Å². The Morgan fingerprint density at radius 3 is 2.72 bits per heavy atom. The van der Waals surface area contributed by atoms with Crippen LogP contribution >= 0.6 is 11.6 Å². The quantitative estimate of drug-likeness (QED) is 0.624. The molecule has 1 aliphatic carbocycles. The summed E-state index contributed by atoms with van der Waals surface area (Å²) in [6, 6.07) is 5.59. The van der Waals surface area contributed by atoms with Crippen LogP contribution in [0.4, 0.5) is 24.1 Å². The fourth-order valence-corrected chi connectivity index (χ4v) is 3.90. The number of ether oxygens (including phenoxy) is 2. The van der Waals surface area contributed by atoms with Gasteiger partial charge in [-0.2, -0.15) is 0 Å². The van der Waals surface area contributed by atoms with Crippen LogP contribution < -0.4 is 16.0 Å². The molecule has 8 nitrogen and oxygen atoms in total. The Labute approximate surface area is 186 Å². The Balaban J connectivity index is 1.44. The monoisotopic (exact) mass is 465 g/mol. The number of rotatable bonds is 5. The normalized spacial score (nSPS) is 19.0. The molecule has 0 aromatic heterocycles. The number of benzene rings is 2. The van der Waals surface area contributed by atoms with Crippen LogP contribution in [0.5, 0.6) is 0 Å². The number of alkyl carbamates (subject to hydrolysis) is 2. The van der Waals surface area contributed by atoms with Gasteiger partial charge in [-0.1, -0.05) is 11.6 Å². The lowest BCUT2D eigenvalue weighted by Crippen LogP contribution is -2.31. The van der Waals surface area contributed by atoms with Crippen LogP contribution in [-0.2, 0) is 15.9 Å². The molecule has 1 saturated heterocycles. The van der Waals surface area contributed by atoms with Gasteiger partial charge in [0, 0.05) is 16.8 Å². The van der Waals surface area contributed by atoms with Gasteiger partial charge in [-0.3, -0.25) is 4.79 Å². The van der Waals surface area contributed by atoms with Crippen LogP contribution in [0, 0.1) is 11.6 Å². The molecule has 1 heterocycles. The molecule has 3 N–H and O–H groups in total. The zero-order valence-electron chi connectivity index (χ0n) is 16.5. The van der Waals surface area contributed by atoms with Crippen molar-refractivity contribution in [3.63, 3.8) is 0 Å². The lowest BCUT2D eigenvalue weighted by Gasteiger charge is -2.17. The number of cyclic esters (lactones) is 1. The van der Waals surface area contributed by atoms with E-state index in [0.717, 1.165) is 12.1 Å². The minimum absolute atomic E-state index is 0.141. The predicted octanol–water partition coefficient (Wildman–Crippen LogP) is 3.69. The van der Waals surface area contributed by atoms with E-state index in [9.17, 15) is 23.2 Å². The Hall–Kier alpha value is -3.40. The van der Waals surface area contributed by atoms with E-state index in [1.165, 1.54) is 18.2 Å². The average Bonchev–Trinajstić information content (AvgIpc) is 3.36. The largest absolute Gasteiger partial charge is 0.446 e. The topological polar surface area (TPSA) is 106 Å². The molecule has 2 aromatic carbocycles. The van der Waals surface area contributed by atoms with Crippen molar-refractivity contribution in [1.82, 2.24) is 10.6 Å². The molecule has 168 valence electrons. The third-order valence-corrected chi connectivity index (χ3v) is 5.49. The van der Waals surface area contributed by atoms with Crippen LogP contribution in [0.1, 0.15) is 33.9 Å². The Bertz CT molecular complexity index is 1100. The average molecular weight is 466 g/mol. The zero-order chi connectivity index (χ0) is 22.8. The van der Waals surface area contributed by atoms with E-state index < -0.39 is 41.9 Å². The second-order valence-corrected chi connectivity index (χ2v) is 7.72. The van der Waals surface area contributed by atoms with Crippen LogP contribution in [0.2, 0.25) is 5.02 Å². The van der Waals surface area contributed by atoms with Gasteiger partial charge in [0.2, 0.25) is 0 Å². The van der Waals surface area contributed by atoms with Crippen molar-refractivity contribution in [2.75, 3.05) is 18.5 Å². The first-order valence-corrected chi connectivity index (χ1v) is 10.1. The number of hydrogen-bond donors (Lipinski definition) is 3. The molecule has 11 heteroatoms. The first kappa shape index (κ1) is 21.8. The van der Waals surface area contributed by atoms with Gasteiger partial charge in [0.15, 0.2) is 6.10 Å². The second kappa shape index (κ2) is 8.99. The summed E-state index contributed by atoms with van der Waals surface area (Å²) in [5, 5.41) is 7.50. The first-order chi connectivity index (χ1) is 15.3. The molecule has 1 fully saturated rings. The Kier molecular flexibility index (Phi) is 6.13. The van der Waals surface area contributed by atoms with Crippen molar-refractivity contribution in [1.29, 1.82) is 0 Å². The summed E-state index contributed by atoms with van der Waals surface area (Å²) >= 11 is 5.74. The smallest absolute Gasteiger partial charge is 0.407 e. The lowest BCUT2D eigenvalue weighted by atomic mass is 10.0. The Morgan fingerprint density at radius 1 is 1.22 bits per heavy atom. The molecule has 2 aliphatic rings. The fourth-order valence-electron chi connectivity index (χ4n) is 3.72. The minimum Gasteiger partial charge on any atom is -0.446 e. The van der Waals surface area contributed by atoms with Crippen molar-refractivity contribution < 1.29 is 32.6 Å². The van der Waals surface area contributed by atoms with Crippen LogP contribution in [0.15, 0.2) is 30.3 Å². The molecule has 1 aliphatic heterocycles. The molecule has 0 bridgehead atoms. The van der Waals surface area contributed by atoms with Crippen molar-refractivity contribution in [2.45, 2.75) is 25.0 Å². The van der Waals surface area contributed by atoms with Gasteiger partial charge in [-0.05, 0) is 48.7 Å². The highest BCUT2D eigenvalue weighted by Gasteiger charge is 2.32. The highest BCUT2D eigenvalue weighted by molar-refractivity contribution is 6.31. The third kappa shape index (κ3) is 4.59. The van der Waals surface area contributed by atoms with Gasteiger partial charge in [0.25, 0.3) is 5.91 Å². The Morgan fingerprint density at radius 2 is 2.00 bits per heavy atom. The number of fused-ring (bicyclic) bond motifs is 1. The molecule has 2 atom stereocenters. The van der Waals surface area contributed by atoms with Crippen molar-refractivity contribution >= 4 is 35.4 Å². The summed E-state index contributed by atoms with van der Waals surface area (Å²) in [5.74, 6) is -1.68. The number of halogens is 3. The molecule has 32 heavy (non-hydrogen) atoms. The van der Waals surface area contributed by atoms with Crippen molar-refractivity contribution in [3.05, 3.63) is 63.7 Å². The molecular formula is C21H18ClF2N3O5. The van der Waals surface area contributed by atoms with E-state index in [0.29, 0.717) is 18.4 Å².